The number of benzene rings is 1. The van der Waals surface area contributed by atoms with Crippen LogP contribution in [0.25, 0.3) is 0 Å². The fourth-order valence-corrected chi connectivity index (χ4v) is 3.59. The molecule has 6 heteroatoms. The number of nitrogens with one attached hydrogen (secondary N) is 1. The molecule has 0 spiro atoms. The van der Waals surface area contributed by atoms with Gasteiger partial charge in [-0.2, -0.15) is 0 Å². The van der Waals surface area contributed by atoms with Crippen LogP contribution >= 0.6 is 11.3 Å². The van der Waals surface area contributed by atoms with Crippen molar-refractivity contribution in [3.63, 3.8) is 0 Å². The standard InChI is InChI=1S/C18H22N2O3S/c1-20(2)14(17-4-3-9-24-17)11-19-18(21)8-6-13-5-7-15-16(10-13)23-12-22-15/h3-5,7,9-10,14H,6,8,11-12H2,1-2H3,(H,19,21). The monoisotopic (exact) mass is 346 g/mol. The van der Waals surface area contributed by atoms with Crippen LogP contribution in [0.4, 0.5) is 0 Å². The molecule has 0 aliphatic carbocycles. The normalized spacial score (nSPS) is 14.0. The van der Waals surface area contributed by atoms with E-state index >= 15 is 0 Å². The molecular weight excluding hydrogens is 324 g/mol. The topological polar surface area (TPSA) is 50.8 Å². The zero-order chi connectivity index (χ0) is 16.9. The van der Waals surface area contributed by atoms with Gasteiger partial charge in [-0.05, 0) is 49.7 Å². The maximum atomic E-state index is 12.2. The third-order valence-corrected chi connectivity index (χ3v) is 5.04. The Hall–Kier alpha value is -2.05. The maximum absolute atomic E-state index is 12.2. The highest BCUT2D eigenvalue weighted by Crippen LogP contribution is 2.32. The lowest BCUT2D eigenvalue weighted by Crippen LogP contribution is -2.34. The van der Waals surface area contributed by atoms with Crippen molar-refractivity contribution >= 4 is 17.2 Å². The van der Waals surface area contributed by atoms with Crippen molar-refractivity contribution in [2.45, 2.75) is 18.9 Å². The molecule has 0 bridgehead atoms. The van der Waals surface area contributed by atoms with Crippen LogP contribution in [0.5, 0.6) is 11.5 Å². The van der Waals surface area contributed by atoms with Gasteiger partial charge >= 0.3 is 0 Å². The summed E-state index contributed by atoms with van der Waals surface area (Å²) < 4.78 is 10.7. The molecule has 1 amide bonds. The highest BCUT2D eigenvalue weighted by molar-refractivity contribution is 7.10. The van der Waals surface area contributed by atoms with Crippen LogP contribution in [-0.2, 0) is 11.2 Å². The van der Waals surface area contributed by atoms with Gasteiger partial charge in [0.25, 0.3) is 0 Å². The van der Waals surface area contributed by atoms with E-state index < -0.39 is 0 Å². The van der Waals surface area contributed by atoms with E-state index in [2.05, 4.69) is 21.7 Å². The fourth-order valence-electron chi connectivity index (χ4n) is 2.67. The molecule has 0 radical (unpaired) electrons. The number of hydrogen-bond acceptors (Lipinski definition) is 5. The largest absolute Gasteiger partial charge is 0.454 e. The summed E-state index contributed by atoms with van der Waals surface area (Å²) >= 11 is 1.71. The van der Waals surface area contributed by atoms with E-state index in [9.17, 15) is 4.79 Å². The second kappa shape index (κ2) is 7.68. The smallest absolute Gasteiger partial charge is 0.231 e. The summed E-state index contributed by atoms with van der Waals surface area (Å²) in [7, 11) is 4.06. The first kappa shape index (κ1) is 16.8. The van der Waals surface area contributed by atoms with E-state index in [1.165, 1.54) is 4.88 Å². The maximum Gasteiger partial charge on any atom is 0.231 e. The van der Waals surface area contributed by atoms with Gasteiger partial charge in [0.1, 0.15) is 0 Å². The lowest BCUT2D eigenvalue weighted by Gasteiger charge is -2.23. The minimum Gasteiger partial charge on any atom is -0.454 e. The average Bonchev–Trinajstić information content (AvgIpc) is 3.23. The van der Waals surface area contributed by atoms with Crippen molar-refractivity contribution in [1.82, 2.24) is 10.2 Å². The summed E-state index contributed by atoms with van der Waals surface area (Å²) in [6, 6.07) is 10.2. The number of fused-ring (bicyclic) bond motifs is 1. The van der Waals surface area contributed by atoms with Crippen molar-refractivity contribution in [1.29, 1.82) is 0 Å². The second-order valence-electron chi connectivity index (χ2n) is 5.99. The second-order valence-corrected chi connectivity index (χ2v) is 6.97. The lowest BCUT2D eigenvalue weighted by atomic mass is 10.1. The number of hydrogen-bond donors (Lipinski definition) is 1. The van der Waals surface area contributed by atoms with Crippen molar-refractivity contribution < 1.29 is 14.3 Å². The number of thiophene rings is 1. The molecule has 24 heavy (non-hydrogen) atoms. The molecule has 1 aliphatic heterocycles. The molecule has 3 rings (SSSR count). The quantitative estimate of drug-likeness (QED) is 0.838. The third-order valence-electron chi connectivity index (χ3n) is 4.07. The molecule has 1 unspecified atom stereocenters. The molecule has 1 aliphatic rings. The molecule has 2 heterocycles. The number of carbonyl (C=O) groups excluding carboxylic acids is 1. The first-order valence-electron chi connectivity index (χ1n) is 7.98. The van der Waals surface area contributed by atoms with Gasteiger partial charge in [-0.3, -0.25) is 4.79 Å². The van der Waals surface area contributed by atoms with E-state index in [0.717, 1.165) is 17.1 Å². The van der Waals surface area contributed by atoms with Gasteiger partial charge in [-0.15, -0.1) is 11.3 Å². The predicted molar refractivity (Wildman–Crippen MR) is 94.6 cm³/mol. The average molecular weight is 346 g/mol. The minimum absolute atomic E-state index is 0.0658. The van der Waals surface area contributed by atoms with Crippen LogP contribution in [0.2, 0.25) is 0 Å². The van der Waals surface area contributed by atoms with Gasteiger partial charge in [0, 0.05) is 17.8 Å². The van der Waals surface area contributed by atoms with Crippen LogP contribution in [-0.4, -0.2) is 38.2 Å². The first-order valence-corrected chi connectivity index (χ1v) is 8.86. The van der Waals surface area contributed by atoms with Crippen LogP contribution in [0.15, 0.2) is 35.7 Å². The zero-order valence-corrected chi connectivity index (χ0v) is 14.8. The van der Waals surface area contributed by atoms with Gasteiger partial charge in [-0.1, -0.05) is 12.1 Å². The molecule has 1 aromatic heterocycles. The third kappa shape index (κ3) is 4.07. The number of carbonyl (C=O) groups is 1. The van der Waals surface area contributed by atoms with Gasteiger partial charge in [-0.25, -0.2) is 0 Å². The van der Waals surface area contributed by atoms with Crippen LogP contribution in [0.3, 0.4) is 0 Å². The molecule has 2 aromatic rings. The Labute approximate surface area is 146 Å². The van der Waals surface area contributed by atoms with E-state index in [1.807, 2.05) is 38.4 Å². The van der Waals surface area contributed by atoms with E-state index in [1.54, 1.807) is 11.3 Å². The number of nitrogens with zero attached hydrogens (tertiary/aromatic N) is 1. The number of amides is 1. The summed E-state index contributed by atoms with van der Waals surface area (Å²) in [6.45, 7) is 0.890. The predicted octanol–water partition coefficient (Wildman–Crippen LogP) is 2.83. The summed E-state index contributed by atoms with van der Waals surface area (Å²) in [4.78, 5) is 15.6. The van der Waals surface area contributed by atoms with Gasteiger partial charge < -0.3 is 19.7 Å². The molecule has 1 N–H and O–H groups in total. The van der Waals surface area contributed by atoms with Crippen molar-refractivity contribution in [2.24, 2.45) is 0 Å². The molecule has 1 aromatic carbocycles. The Morgan fingerprint density at radius 2 is 2.12 bits per heavy atom. The molecule has 0 fully saturated rings. The van der Waals surface area contributed by atoms with E-state index in [0.29, 0.717) is 19.4 Å². The minimum atomic E-state index is 0.0658. The van der Waals surface area contributed by atoms with Gasteiger partial charge in [0.15, 0.2) is 11.5 Å². The van der Waals surface area contributed by atoms with Crippen molar-refractivity contribution in [2.75, 3.05) is 27.4 Å². The van der Waals surface area contributed by atoms with Gasteiger partial charge in [0.05, 0.1) is 6.04 Å². The Morgan fingerprint density at radius 1 is 1.29 bits per heavy atom. The van der Waals surface area contributed by atoms with Crippen LogP contribution in [0, 0.1) is 0 Å². The Morgan fingerprint density at radius 3 is 2.88 bits per heavy atom. The van der Waals surface area contributed by atoms with Crippen molar-refractivity contribution in [3.05, 3.63) is 46.2 Å². The fraction of sp³-hybridized carbons (Fsp3) is 0.389. The van der Waals surface area contributed by atoms with Crippen LogP contribution in [0.1, 0.15) is 22.9 Å². The number of likely N-dealkylation sites (N-methyl/N-ethyl adjacent to an activating group) is 1. The summed E-state index contributed by atoms with van der Waals surface area (Å²) in [5, 5.41) is 5.11. The first-order chi connectivity index (χ1) is 11.6. The number of rotatable bonds is 7. The summed E-state index contributed by atoms with van der Waals surface area (Å²) in [5.74, 6) is 1.60. The van der Waals surface area contributed by atoms with E-state index in [-0.39, 0.29) is 18.7 Å². The molecule has 1 atom stereocenters. The Balaban J connectivity index is 1.49. The highest BCUT2D eigenvalue weighted by atomic mass is 32.1. The molecule has 0 saturated heterocycles. The molecule has 128 valence electrons. The number of ether oxygens (including phenoxy) is 2. The van der Waals surface area contributed by atoms with Crippen molar-refractivity contribution in [3.8, 4) is 11.5 Å². The Bertz CT molecular complexity index is 686. The summed E-state index contributed by atoms with van der Waals surface area (Å²) in [5.41, 5.74) is 1.08. The summed E-state index contributed by atoms with van der Waals surface area (Å²) in [6.07, 6.45) is 1.15. The Kier molecular flexibility index (Phi) is 5.37. The van der Waals surface area contributed by atoms with Gasteiger partial charge in [0.2, 0.25) is 12.7 Å². The zero-order valence-electron chi connectivity index (χ0n) is 14.0. The molecule has 0 saturated carbocycles. The highest BCUT2D eigenvalue weighted by Gasteiger charge is 2.17. The number of aryl methyl sites for hydroxylation is 1. The lowest BCUT2D eigenvalue weighted by molar-refractivity contribution is -0.121. The molecule has 5 nitrogen and oxygen atoms in total. The van der Waals surface area contributed by atoms with Crippen LogP contribution < -0.4 is 14.8 Å². The van der Waals surface area contributed by atoms with E-state index in [4.69, 9.17) is 9.47 Å². The SMILES string of the molecule is CN(C)C(CNC(=O)CCc1ccc2c(c1)OCO2)c1cccs1. The molecular formula is C18H22N2O3S.